The first-order valence-corrected chi connectivity index (χ1v) is 7.29. The Labute approximate surface area is 113 Å². The van der Waals surface area contributed by atoms with Crippen molar-refractivity contribution in [1.82, 2.24) is 10.1 Å². The molecule has 0 saturated carbocycles. The highest BCUT2D eigenvalue weighted by molar-refractivity contribution is 9.11. The minimum Gasteiger partial charge on any atom is -0.481 e. The first kappa shape index (κ1) is 12.6. The summed E-state index contributed by atoms with van der Waals surface area (Å²) in [6.45, 7) is 0. The van der Waals surface area contributed by atoms with Gasteiger partial charge in [0.05, 0.1) is 20.2 Å². The standard InChI is InChI=1S/C9H7BrN2O3S2/c10-6-2-1-5(17-6)9-11-7(15-12-9)3-16-4-8(13)14/h1-2H,3-4H2,(H,13,14). The number of halogens is 1. The number of thiophene rings is 1. The smallest absolute Gasteiger partial charge is 0.313 e. The predicted molar refractivity (Wildman–Crippen MR) is 69.1 cm³/mol. The fraction of sp³-hybridized carbons (Fsp3) is 0.222. The fourth-order valence-electron chi connectivity index (χ4n) is 1.07. The topological polar surface area (TPSA) is 76.2 Å². The summed E-state index contributed by atoms with van der Waals surface area (Å²) in [5.41, 5.74) is 0. The zero-order valence-corrected chi connectivity index (χ0v) is 11.6. The van der Waals surface area contributed by atoms with E-state index in [4.69, 9.17) is 9.63 Å². The minimum atomic E-state index is -0.850. The van der Waals surface area contributed by atoms with Gasteiger partial charge in [0, 0.05) is 0 Å². The number of hydrogen-bond donors (Lipinski definition) is 1. The van der Waals surface area contributed by atoms with Crippen LogP contribution in [0.4, 0.5) is 0 Å². The SMILES string of the molecule is O=C(O)CSCc1nc(-c2ccc(Br)s2)no1. The highest BCUT2D eigenvalue weighted by Gasteiger charge is 2.11. The molecule has 0 saturated heterocycles. The lowest BCUT2D eigenvalue weighted by atomic mass is 10.4. The zero-order valence-electron chi connectivity index (χ0n) is 8.42. The van der Waals surface area contributed by atoms with Crippen molar-refractivity contribution in [3.8, 4) is 10.7 Å². The summed E-state index contributed by atoms with van der Waals surface area (Å²) in [7, 11) is 0. The molecule has 5 nitrogen and oxygen atoms in total. The fourth-order valence-corrected chi connectivity index (χ4v) is 2.95. The van der Waals surface area contributed by atoms with Crippen LogP contribution in [-0.4, -0.2) is 27.0 Å². The van der Waals surface area contributed by atoms with Gasteiger partial charge in [-0.3, -0.25) is 4.79 Å². The second-order valence-electron chi connectivity index (χ2n) is 3.00. The van der Waals surface area contributed by atoms with E-state index < -0.39 is 5.97 Å². The summed E-state index contributed by atoms with van der Waals surface area (Å²) in [6.07, 6.45) is 0. The van der Waals surface area contributed by atoms with Gasteiger partial charge in [0.1, 0.15) is 0 Å². The van der Waals surface area contributed by atoms with Gasteiger partial charge in [-0.25, -0.2) is 0 Å². The van der Waals surface area contributed by atoms with Gasteiger partial charge in [0.2, 0.25) is 11.7 Å². The second-order valence-corrected chi connectivity index (χ2v) is 6.45. The third-order valence-corrected chi connectivity index (χ3v) is 4.23. The van der Waals surface area contributed by atoms with Crippen LogP contribution in [0.15, 0.2) is 20.4 Å². The normalized spacial score (nSPS) is 10.6. The number of carbonyl (C=O) groups is 1. The average molecular weight is 335 g/mol. The molecule has 90 valence electrons. The average Bonchev–Trinajstić information content (AvgIpc) is 2.86. The summed E-state index contributed by atoms with van der Waals surface area (Å²) in [6, 6.07) is 3.81. The molecule has 0 radical (unpaired) electrons. The minimum absolute atomic E-state index is 0.0300. The molecule has 0 aliphatic carbocycles. The third-order valence-electron chi connectivity index (χ3n) is 1.71. The molecule has 0 aliphatic heterocycles. The quantitative estimate of drug-likeness (QED) is 0.905. The van der Waals surface area contributed by atoms with Crippen LogP contribution in [0.3, 0.4) is 0 Å². The Bertz CT molecular complexity index is 526. The van der Waals surface area contributed by atoms with Gasteiger partial charge in [-0.15, -0.1) is 23.1 Å². The van der Waals surface area contributed by atoms with Crippen LogP contribution in [0.1, 0.15) is 5.89 Å². The molecule has 2 aromatic rings. The summed E-state index contributed by atoms with van der Waals surface area (Å²) in [5, 5.41) is 12.3. The predicted octanol–water partition coefficient (Wildman–Crippen LogP) is 2.88. The second kappa shape index (κ2) is 5.65. The number of nitrogens with zero attached hydrogens (tertiary/aromatic N) is 2. The van der Waals surface area contributed by atoms with Crippen molar-refractivity contribution in [1.29, 1.82) is 0 Å². The van der Waals surface area contributed by atoms with Crippen molar-refractivity contribution in [3.63, 3.8) is 0 Å². The lowest BCUT2D eigenvalue weighted by Gasteiger charge is -1.90. The van der Waals surface area contributed by atoms with Crippen LogP contribution >= 0.6 is 39.0 Å². The van der Waals surface area contributed by atoms with Gasteiger partial charge < -0.3 is 9.63 Å². The number of aliphatic carboxylic acids is 1. The molecule has 0 spiro atoms. The maximum Gasteiger partial charge on any atom is 0.313 e. The molecule has 1 N–H and O–H groups in total. The van der Waals surface area contributed by atoms with Crippen LogP contribution in [-0.2, 0) is 10.5 Å². The van der Waals surface area contributed by atoms with Crippen molar-refractivity contribution >= 4 is 45.0 Å². The van der Waals surface area contributed by atoms with Crippen LogP contribution in [0, 0.1) is 0 Å². The van der Waals surface area contributed by atoms with Crippen molar-refractivity contribution in [3.05, 3.63) is 21.8 Å². The summed E-state index contributed by atoms with van der Waals surface area (Å²) < 4.78 is 6.03. The molecule has 2 rings (SSSR count). The molecule has 2 aromatic heterocycles. The number of carboxylic acids is 1. The van der Waals surface area contributed by atoms with E-state index in [9.17, 15) is 4.79 Å². The Balaban J connectivity index is 1.98. The number of rotatable bonds is 5. The molecule has 0 aromatic carbocycles. The Hall–Kier alpha value is -0.860. The van der Waals surface area contributed by atoms with Crippen molar-refractivity contribution in [2.45, 2.75) is 5.75 Å². The van der Waals surface area contributed by atoms with E-state index in [1.54, 1.807) is 0 Å². The molecule has 0 bridgehead atoms. The molecule has 0 fully saturated rings. The maximum absolute atomic E-state index is 10.3. The summed E-state index contributed by atoms with van der Waals surface area (Å²) >= 11 is 6.10. The van der Waals surface area contributed by atoms with E-state index in [2.05, 4.69) is 26.1 Å². The van der Waals surface area contributed by atoms with Crippen LogP contribution in [0.25, 0.3) is 10.7 Å². The Morgan fingerprint density at radius 2 is 2.41 bits per heavy atom. The lowest BCUT2D eigenvalue weighted by molar-refractivity contribution is -0.133. The lowest BCUT2D eigenvalue weighted by Crippen LogP contribution is -1.98. The van der Waals surface area contributed by atoms with Crippen molar-refractivity contribution in [2.75, 3.05) is 5.75 Å². The van der Waals surface area contributed by atoms with Gasteiger partial charge in [-0.2, -0.15) is 4.98 Å². The van der Waals surface area contributed by atoms with Crippen molar-refractivity contribution < 1.29 is 14.4 Å². The number of carboxylic acid groups (broad SMARTS) is 1. The van der Waals surface area contributed by atoms with E-state index in [-0.39, 0.29) is 5.75 Å². The maximum atomic E-state index is 10.3. The number of hydrogen-bond acceptors (Lipinski definition) is 6. The highest BCUT2D eigenvalue weighted by atomic mass is 79.9. The Kier molecular flexibility index (Phi) is 4.19. The molecule has 17 heavy (non-hydrogen) atoms. The largest absolute Gasteiger partial charge is 0.481 e. The number of aromatic nitrogens is 2. The van der Waals surface area contributed by atoms with E-state index in [1.165, 1.54) is 23.1 Å². The molecule has 0 atom stereocenters. The van der Waals surface area contributed by atoms with Crippen LogP contribution in [0.2, 0.25) is 0 Å². The van der Waals surface area contributed by atoms with Crippen LogP contribution in [0.5, 0.6) is 0 Å². The number of thioether (sulfide) groups is 1. The Morgan fingerprint density at radius 1 is 1.59 bits per heavy atom. The van der Waals surface area contributed by atoms with Crippen LogP contribution < -0.4 is 0 Å². The van der Waals surface area contributed by atoms with Gasteiger partial charge in [-0.05, 0) is 28.1 Å². The molecular formula is C9H7BrN2O3S2. The molecule has 0 amide bonds. The first-order valence-electron chi connectivity index (χ1n) is 4.53. The Morgan fingerprint density at radius 3 is 3.06 bits per heavy atom. The van der Waals surface area contributed by atoms with Crippen molar-refractivity contribution in [2.24, 2.45) is 0 Å². The van der Waals surface area contributed by atoms with E-state index in [0.29, 0.717) is 17.5 Å². The summed E-state index contributed by atoms with van der Waals surface area (Å²) in [4.78, 5) is 15.4. The van der Waals surface area contributed by atoms with Gasteiger partial charge in [0.25, 0.3) is 0 Å². The highest BCUT2D eigenvalue weighted by Crippen LogP contribution is 2.29. The van der Waals surface area contributed by atoms with E-state index in [0.717, 1.165) is 8.66 Å². The van der Waals surface area contributed by atoms with Gasteiger partial charge >= 0.3 is 5.97 Å². The molecule has 0 aliphatic rings. The monoisotopic (exact) mass is 334 g/mol. The summed E-state index contributed by atoms with van der Waals surface area (Å²) in [5.74, 6) is 0.563. The van der Waals surface area contributed by atoms with E-state index in [1.807, 2.05) is 12.1 Å². The molecule has 0 unspecified atom stereocenters. The molecule has 8 heteroatoms. The van der Waals surface area contributed by atoms with Gasteiger partial charge in [0.15, 0.2) is 0 Å². The van der Waals surface area contributed by atoms with E-state index >= 15 is 0 Å². The first-order chi connectivity index (χ1) is 8.15. The molecule has 2 heterocycles. The van der Waals surface area contributed by atoms with Gasteiger partial charge in [-0.1, -0.05) is 5.16 Å². The third kappa shape index (κ3) is 3.55. The zero-order chi connectivity index (χ0) is 12.3. The molecular weight excluding hydrogens is 328 g/mol.